The number of amides is 2. The zero-order chi connectivity index (χ0) is 20.8. The summed E-state index contributed by atoms with van der Waals surface area (Å²) in [5.41, 5.74) is 0.680. The molecule has 9 nitrogen and oxygen atoms in total. The molecule has 0 saturated carbocycles. The first-order chi connectivity index (χ1) is 13.9. The lowest BCUT2D eigenvalue weighted by molar-refractivity contribution is -0.138. The summed E-state index contributed by atoms with van der Waals surface area (Å²) in [4.78, 5) is 43.9. The molecule has 0 radical (unpaired) electrons. The van der Waals surface area contributed by atoms with Crippen LogP contribution >= 0.6 is 23.1 Å². The first-order valence-corrected chi connectivity index (χ1v) is 9.97. The van der Waals surface area contributed by atoms with Gasteiger partial charge in [0.1, 0.15) is 5.75 Å². The van der Waals surface area contributed by atoms with Gasteiger partial charge in [0, 0.05) is 12.6 Å². The summed E-state index contributed by atoms with van der Waals surface area (Å²) in [6, 6.07) is 7.12. The van der Waals surface area contributed by atoms with E-state index in [4.69, 9.17) is 9.84 Å². The second kappa shape index (κ2) is 9.34. The average Bonchev–Trinajstić information content (AvgIpc) is 3.27. The number of methoxy groups -OCH3 is 1. The van der Waals surface area contributed by atoms with Gasteiger partial charge in [0.2, 0.25) is 5.91 Å². The average molecular weight is 432 g/mol. The molecule has 3 N–H and O–H groups in total. The highest BCUT2D eigenvalue weighted by molar-refractivity contribution is 8.18. The van der Waals surface area contributed by atoms with E-state index in [1.165, 1.54) is 29.3 Å². The van der Waals surface area contributed by atoms with Crippen molar-refractivity contribution in [2.24, 2.45) is 4.99 Å². The SMILES string of the molecule is COc1ccc(/N=C2/NC(=O)/C(=C/c3cnc(NC(=O)CCC(=O)O)s3)S2)cc1. The number of carbonyl (C=O) groups excluding carboxylic acids is 2. The van der Waals surface area contributed by atoms with Crippen LogP contribution in [0.15, 0.2) is 40.4 Å². The standard InChI is InChI=1S/C18H16N4O5S2/c1-27-11-4-2-10(3-5-11)20-18-22-16(26)13(29-18)8-12-9-19-17(28-12)21-14(23)6-7-15(24)25/h2-5,8-9H,6-7H2,1H3,(H,24,25)(H,19,21,23)(H,20,22,26)/b13-8-. The van der Waals surface area contributed by atoms with Gasteiger partial charge in [0.25, 0.3) is 5.91 Å². The number of rotatable bonds is 7. The van der Waals surface area contributed by atoms with Crippen LogP contribution in [0, 0.1) is 0 Å². The lowest BCUT2D eigenvalue weighted by Gasteiger charge is -1.99. The van der Waals surface area contributed by atoms with Crippen LogP contribution in [-0.4, -0.2) is 40.2 Å². The molecule has 0 bridgehead atoms. The van der Waals surface area contributed by atoms with Gasteiger partial charge in [-0.1, -0.05) is 11.3 Å². The number of ether oxygens (including phenoxy) is 1. The second-order valence-electron chi connectivity index (χ2n) is 5.69. The predicted octanol–water partition coefficient (Wildman–Crippen LogP) is 2.85. The molecular formula is C18H16N4O5S2. The number of thiazole rings is 1. The van der Waals surface area contributed by atoms with E-state index in [9.17, 15) is 14.4 Å². The first kappa shape index (κ1) is 20.6. The van der Waals surface area contributed by atoms with E-state index >= 15 is 0 Å². The summed E-state index contributed by atoms with van der Waals surface area (Å²) in [6.07, 6.45) is 2.80. The quantitative estimate of drug-likeness (QED) is 0.574. The van der Waals surface area contributed by atoms with Gasteiger partial charge < -0.3 is 20.5 Å². The molecule has 1 aromatic heterocycles. The van der Waals surface area contributed by atoms with Crippen molar-refractivity contribution in [3.05, 3.63) is 40.2 Å². The second-order valence-corrected chi connectivity index (χ2v) is 7.78. The van der Waals surface area contributed by atoms with E-state index in [0.717, 1.165) is 0 Å². The van der Waals surface area contributed by atoms with Crippen LogP contribution in [0.5, 0.6) is 5.75 Å². The number of hydrogen-bond acceptors (Lipinski definition) is 8. The summed E-state index contributed by atoms with van der Waals surface area (Å²) >= 11 is 2.38. The Morgan fingerprint density at radius 2 is 2.07 bits per heavy atom. The number of nitrogens with one attached hydrogen (secondary N) is 2. The minimum atomic E-state index is -1.04. The van der Waals surface area contributed by atoms with Crippen molar-refractivity contribution in [2.45, 2.75) is 12.8 Å². The molecule has 2 aromatic rings. The molecule has 2 heterocycles. The Kier molecular flexibility index (Phi) is 6.62. The highest BCUT2D eigenvalue weighted by atomic mass is 32.2. The predicted molar refractivity (Wildman–Crippen MR) is 111 cm³/mol. The Hall–Kier alpha value is -3.18. The van der Waals surface area contributed by atoms with E-state index < -0.39 is 11.9 Å². The topological polar surface area (TPSA) is 130 Å². The number of nitrogens with zero attached hydrogens (tertiary/aromatic N) is 2. The Morgan fingerprint density at radius 3 is 2.76 bits per heavy atom. The summed E-state index contributed by atoms with van der Waals surface area (Å²) in [5, 5.41) is 14.6. The molecule has 0 aliphatic carbocycles. The Bertz CT molecular complexity index is 998. The summed E-state index contributed by atoms with van der Waals surface area (Å²) in [5.74, 6) is -1.03. The summed E-state index contributed by atoms with van der Waals surface area (Å²) in [6.45, 7) is 0. The Labute approximate surface area is 173 Å². The van der Waals surface area contributed by atoms with Gasteiger partial charge in [-0.25, -0.2) is 9.98 Å². The number of benzene rings is 1. The normalized spacial score (nSPS) is 16.1. The molecule has 0 spiro atoms. The van der Waals surface area contributed by atoms with Crippen LogP contribution in [0.3, 0.4) is 0 Å². The fourth-order valence-corrected chi connectivity index (χ4v) is 3.88. The van der Waals surface area contributed by atoms with Crippen molar-refractivity contribution < 1.29 is 24.2 Å². The van der Waals surface area contributed by atoms with Crippen molar-refractivity contribution in [3.63, 3.8) is 0 Å². The number of anilines is 1. The van der Waals surface area contributed by atoms with E-state index in [1.54, 1.807) is 37.5 Å². The molecule has 0 atom stereocenters. The highest BCUT2D eigenvalue weighted by Crippen LogP contribution is 2.30. The lowest BCUT2D eigenvalue weighted by atomic mass is 10.3. The monoisotopic (exact) mass is 432 g/mol. The molecule has 1 aliphatic rings. The molecule has 1 saturated heterocycles. The van der Waals surface area contributed by atoms with E-state index in [1.807, 2.05) is 0 Å². The minimum absolute atomic E-state index is 0.130. The van der Waals surface area contributed by atoms with Gasteiger partial charge in [0.05, 0.1) is 29.0 Å². The van der Waals surface area contributed by atoms with E-state index in [0.29, 0.717) is 31.5 Å². The van der Waals surface area contributed by atoms with Crippen LogP contribution in [0.25, 0.3) is 6.08 Å². The van der Waals surface area contributed by atoms with Crippen LogP contribution in [0.4, 0.5) is 10.8 Å². The largest absolute Gasteiger partial charge is 0.497 e. The van der Waals surface area contributed by atoms with Crippen LogP contribution in [0.2, 0.25) is 0 Å². The maximum absolute atomic E-state index is 12.2. The zero-order valence-corrected chi connectivity index (χ0v) is 16.8. The molecule has 3 rings (SSSR count). The number of carboxylic acid groups (broad SMARTS) is 1. The number of thioether (sulfide) groups is 1. The Balaban J connectivity index is 1.64. The number of carbonyl (C=O) groups is 3. The zero-order valence-electron chi connectivity index (χ0n) is 15.2. The molecule has 1 aliphatic heterocycles. The minimum Gasteiger partial charge on any atom is -0.497 e. The molecule has 0 unspecified atom stereocenters. The van der Waals surface area contributed by atoms with Gasteiger partial charge in [-0.3, -0.25) is 14.4 Å². The molecule has 150 valence electrons. The summed E-state index contributed by atoms with van der Waals surface area (Å²) in [7, 11) is 1.58. The molecule has 1 aromatic carbocycles. The van der Waals surface area contributed by atoms with Crippen molar-refractivity contribution in [1.29, 1.82) is 0 Å². The molecule has 29 heavy (non-hydrogen) atoms. The highest BCUT2D eigenvalue weighted by Gasteiger charge is 2.24. The molecule has 11 heteroatoms. The molecule has 1 fully saturated rings. The third-order valence-corrected chi connectivity index (χ3v) is 5.33. The number of aromatic nitrogens is 1. The maximum atomic E-state index is 12.2. The van der Waals surface area contributed by atoms with Gasteiger partial charge in [-0.2, -0.15) is 0 Å². The summed E-state index contributed by atoms with van der Waals surface area (Å²) < 4.78 is 5.10. The fraction of sp³-hybridized carbons (Fsp3) is 0.167. The van der Waals surface area contributed by atoms with Crippen LogP contribution < -0.4 is 15.4 Å². The third kappa shape index (κ3) is 5.90. The third-order valence-electron chi connectivity index (χ3n) is 3.56. The molecule has 2 amide bonds. The number of aliphatic carboxylic acids is 1. The van der Waals surface area contributed by atoms with Gasteiger partial charge >= 0.3 is 5.97 Å². The Morgan fingerprint density at radius 1 is 1.31 bits per heavy atom. The van der Waals surface area contributed by atoms with Crippen molar-refractivity contribution in [3.8, 4) is 5.75 Å². The number of aliphatic imine (C=N–C) groups is 1. The van der Waals surface area contributed by atoms with Gasteiger partial charge in [-0.15, -0.1) is 0 Å². The van der Waals surface area contributed by atoms with Crippen LogP contribution in [0.1, 0.15) is 17.7 Å². The first-order valence-electron chi connectivity index (χ1n) is 8.34. The van der Waals surface area contributed by atoms with Crippen molar-refractivity contribution >= 4 is 62.9 Å². The fourth-order valence-electron chi connectivity index (χ4n) is 2.20. The van der Waals surface area contributed by atoms with Crippen LogP contribution in [-0.2, 0) is 14.4 Å². The maximum Gasteiger partial charge on any atom is 0.303 e. The number of amidine groups is 1. The number of hydrogen-bond donors (Lipinski definition) is 3. The van der Waals surface area contributed by atoms with Crippen molar-refractivity contribution in [1.82, 2.24) is 10.3 Å². The number of carboxylic acids is 1. The van der Waals surface area contributed by atoms with Gasteiger partial charge in [0.15, 0.2) is 10.3 Å². The molecular weight excluding hydrogens is 416 g/mol. The van der Waals surface area contributed by atoms with Gasteiger partial charge in [-0.05, 0) is 42.1 Å². The van der Waals surface area contributed by atoms with E-state index in [2.05, 4.69) is 20.6 Å². The lowest BCUT2D eigenvalue weighted by Crippen LogP contribution is -2.19. The smallest absolute Gasteiger partial charge is 0.303 e. The van der Waals surface area contributed by atoms with Crippen molar-refractivity contribution in [2.75, 3.05) is 12.4 Å². The van der Waals surface area contributed by atoms with E-state index in [-0.39, 0.29) is 18.7 Å².